The molecule has 8 nitrogen and oxygen atoms in total. The van der Waals surface area contributed by atoms with Gasteiger partial charge in [0, 0.05) is 25.3 Å². The molecule has 8 heteroatoms. The average molecular weight is 466 g/mol. The minimum absolute atomic E-state index is 0.0413. The van der Waals surface area contributed by atoms with E-state index in [1.165, 1.54) is 0 Å². The Morgan fingerprint density at radius 1 is 1.00 bits per heavy atom. The van der Waals surface area contributed by atoms with Crippen LogP contribution in [0.5, 0.6) is 0 Å². The van der Waals surface area contributed by atoms with Gasteiger partial charge in [-0.05, 0) is 57.4 Å². The van der Waals surface area contributed by atoms with Crippen LogP contribution >= 0.6 is 0 Å². The summed E-state index contributed by atoms with van der Waals surface area (Å²) >= 11 is 0. The van der Waals surface area contributed by atoms with Crippen molar-refractivity contribution in [3.05, 3.63) is 65.7 Å². The molecular formula is C26H31N3O5. The predicted molar refractivity (Wildman–Crippen MR) is 128 cm³/mol. The van der Waals surface area contributed by atoms with Gasteiger partial charge in [-0.15, -0.1) is 0 Å². The summed E-state index contributed by atoms with van der Waals surface area (Å²) in [6, 6.07) is 16.5. The Morgan fingerprint density at radius 2 is 1.62 bits per heavy atom. The standard InChI is InChI=1S/C26H31N3O5/c1-25(2,3)34-24(33)27-15-13-26(14-16-27)23(32)28(18-29(26)20-10-5-4-6-11-20)17-19-9-7-8-12-21(19)22(30)31/h4-12H,13-18H2,1-3H3,(H,30,31). The molecule has 0 atom stereocenters. The van der Waals surface area contributed by atoms with Gasteiger partial charge >= 0.3 is 12.1 Å². The Labute approximate surface area is 199 Å². The molecule has 2 aromatic carbocycles. The van der Waals surface area contributed by atoms with Gasteiger partial charge in [-0.25, -0.2) is 9.59 Å². The van der Waals surface area contributed by atoms with E-state index in [0.717, 1.165) is 5.69 Å². The summed E-state index contributed by atoms with van der Waals surface area (Å²) < 4.78 is 5.52. The number of para-hydroxylation sites is 1. The van der Waals surface area contributed by atoms with E-state index in [4.69, 9.17) is 4.74 Å². The first kappa shape index (κ1) is 23.6. The number of carboxylic acid groups (broad SMARTS) is 1. The SMILES string of the molecule is CC(C)(C)OC(=O)N1CCC2(CC1)C(=O)N(Cc1ccccc1C(=O)O)CN2c1ccccc1. The zero-order chi connectivity index (χ0) is 24.5. The summed E-state index contributed by atoms with van der Waals surface area (Å²) in [6.45, 7) is 6.88. The third kappa shape index (κ3) is 4.58. The van der Waals surface area contributed by atoms with Crippen molar-refractivity contribution in [3.63, 3.8) is 0 Å². The molecular weight excluding hydrogens is 434 g/mol. The quantitative estimate of drug-likeness (QED) is 0.735. The third-order valence-corrected chi connectivity index (χ3v) is 6.43. The van der Waals surface area contributed by atoms with Gasteiger partial charge in [-0.1, -0.05) is 36.4 Å². The maximum atomic E-state index is 13.9. The summed E-state index contributed by atoms with van der Waals surface area (Å²) in [5.74, 6) is -1.05. The van der Waals surface area contributed by atoms with Crippen LogP contribution in [0.3, 0.4) is 0 Å². The van der Waals surface area contributed by atoms with Gasteiger partial charge in [0.25, 0.3) is 0 Å². The Kier molecular flexibility index (Phi) is 6.25. The molecule has 34 heavy (non-hydrogen) atoms. The molecule has 0 radical (unpaired) electrons. The first-order valence-corrected chi connectivity index (χ1v) is 11.5. The molecule has 4 rings (SSSR count). The fourth-order valence-corrected chi connectivity index (χ4v) is 4.78. The largest absolute Gasteiger partial charge is 0.478 e. The number of aromatic carboxylic acids is 1. The Hall–Kier alpha value is -3.55. The number of hydrogen-bond acceptors (Lipinski definition) is 5. The summed E-state index contributed by atoms with van der Waals surface area (Å²) in [4.78, 5) is 43.6. The number of ether oxygens (including phenoxy) is 1. The molecule has 0 aromatic heterocycles. The molecule has 2 amide bonds. The number of carbonyl (C=O) groups is 3. The highest BCUT2D eigenvalue weighted by atomic mass is 16.6. The zero-order valence-corrected chi connectivity index (χ0v) is 19.9. The summed E-state index contributed by atoms with van der Waals surface area (Å²) in [7, 11) is 0. The smallest absolute Gasteiger partial charge is 0.410 e. The fourth-order valence-electron chi connectivity index (χ4n) is 4.78. The molecule has 2 saturated heterocycles. The maximum Gasteiger partial charge on any atom is 0.410 e. The molecule has 2 aliphatic rings. The molecule has 0 bridgehead atoms. The highest BCUT2D eigenvalue weighted by Crippen LogP contribution is 2.40. The average Bonchev–Trinajstić information content (AvgIpc) is 3.05. The van der Waals surface area contributed by atoms with Crippen molar-refractivity contribution < 1.29 is 24.2 Å². The van der Waals surface area contributed by atoms with Crippen molar-refractivity contribution in [3.8, 4) is 0 Å². The van der Waals surface area contributed by atoms with E-state index < -0.39 is 17.1 Å². The summed E-state index contributed by atoms with van der Waals surface area (Å²) in [6.07, 6.45) is 0.569. The van der Waals surface area contributed by atoms with Crippen LogP contribution in [-0.2, 0) is 16.1 Å². The monoisotopic (exact) mass is 465 g/mol. The van der Waals surface area contributed by atoms with Crippen LogP contribution in [0, 0.1) is 0 Å². The van der Waals surface area contributed by atoms with Crippen molar-refractivity contribution >= 4 is 23.7 Å². The Balaban J connectivity index is 1.60. The van der Waals surface area contributed by atoms with Crippen LogP contribution in [0.15, 0.2) is 54.6 Å². The molecule has 1 N–H and O–H groups in total. The second-order valence-electron chi connectivity index (χ2n) is 9.87. The van der Waals surface area contributed by atoms with E-state index in [1.54, 1.807) is 34.1 Å². The van der Waals surface area contributed by atoms with Gasteiger partial charge < -0.3 is 24.5 Å². The maximum absolute atomic E-state index is 13.9. The van der Waals surface area contributed by atoms with Crippen LogP contribution < -0.4 is 4.90 Å². The Bertz CT molecular complexity index is 1070. The number of nitrogens with zero attached hydrogens (tertiary/aromatic N) is 3. The van der Waals surface area contributed by atoms with Crippen LogP contribution in [-0.4, -0.2) is 63.8 Å². The van der Waals surface area contributed by atoms with Crippen molar-refractivity contribution in [2.75, 3.05) is 24.7 Å². The van der Waals surface area contributed by atoms with Crippen molar-refractivity contribution in [1.29, 1.82) is 0 Å². The zero-order valence-electron chi connectivity index (χ0n) is 19.9. The van der Waals surface area contributed by atoms with E-state index in [-0.39, 0.29) is 24.1 Å². The van der Waals surface area contributed by atoms with Crippen molar-refractivity contribution in [1.82, 2.24) is 9.80 Å². The van der Waals surface area contributed by atoms with E-state index in [2.05, 4.69) is 4.90 Å². The lowest BCUT2D eigenvalue weighted by molar-refractivity contribution is -0.134. The number of piperidine rings is 1. The Morgan fingerprint density at radius 3 is 2.24 bits per heavy atom. The molecule has 1 spiro atoms. The first-order chi connectivity index (χ1) is 16.1. The van der Waals surface area contributed by atoms with Crippen LogP contribution in [0.2, 0.25) is 0 Å². The van der Waals surface area contributed by atoms with Gasteiger partial charge in [0.1, 0.15) is 11.1 Å². The van der Waals surface area contributed by atoms with E-state index in [9.17, 15) is 19.5 Å². The lowest BCUT2D eigenvalue weighted by Gasteiger charge is -2.43. The van der Waals surface area contributed by atoms with Crippen LogP contribution in [0.1, 0.15) is 49.5 Å². The first-order valence-electron chi connectivity index (χ1n) is 11.5. The number of carbonyl (C=O) groups excluding carboxylic acids is 2. The highest BCUT2D eigenvalue weighted by Gasteiger charge is 2.54. The number of rotatable bonds is 4. The molecule has 2 aliphatic heterocycles. The normalized spacial score (nSPS) is 17.9. The molecule has 2 heterocycles. The number of hydrogen-bond donors (Lipinski definition) is 1. The third-order valence-electron chi connectivity index (χ3n) is 6.43. The van der Waals surface area contributed by atoms with Crippen LogP contribution in [0.4, 0.5) is 10.5 Å². The predicted octanol–water partition coefficient (Wildman–Crippen LogP) is 3.96. The van der Waals surface area contributed by atoms with Gasteiger partial charge in [0.05, 0.1) is 12.2 Å². The number of benzene rings is 2. The molecule has 2 aromatic rings. The van der Waals surface area contributed by atoms with Gasteiger partial charge in [-0.2, -0.15) is 0 Å². The van der Waals surface area contributed by atoms with Crippen LogP contribution in [0.25, 0.3) is 0 Å². The highest BCUT2D eigenvalue weighted by molar-refractivity contribution is 5.94. The second kappa shape index (κ2) is 9.00. The minimum Gasteiger partial charge on any atom is -0.478 e. The lowest BCUT2D eigenvalue weighted by atomic mass is 9.85. The molecule has 2 fully saturated rings. The number of likely N-dealkylation sites (tertiary alicyclic amines) is 1. The molecule has 0 aliphatic carbocycles. The molecule has 180 valence electrons. The second-order valence-corrected chi connectivity index (χ2v) is 9.87. The van der Waals surface area contributed by atoms with E-state index >= 15 is 0 Å². The number of anilines is 1. The van der Waals surface area contributed by atoms with E-state index in [0.29, 0.717) is 38.2 Å². The number of carboxylic acids is 1. The minimum atomic E-state index is -1.01. The van der Waals surface area contributed by atoms with Gasteiger partial charge in [0.2, 0.25) is 5.91 Å². The van der Waals surface area contributed by atoms with Gasteiger partial charge in [0.15, 0.2) is 0 Å². The molecule has 0 saturated carbocycles. The topological polar surface area (TPSA) is 90.4 Å². The summed E-state index contributed by atoms with van der Waals surface area (Å²) in [5.41, 5.74) is 0.343. The van der Waals surface area contributed by atoms with E-state index in [1.807, 2.05) is 51.1 Å². The molecule has 0 unspecified atom stereocenters. The van der Waals surface area contributed by atoms with Gasteiger partial charge in [-0.3, -0.25) is 4.79 Å². The fraction of sp³-hybridized carbons (Fsp3) is 0.423. The summed E-state index contributed by atoms with van der Waals surface area (Å²) in [5, 5.41) is 9.58. The number of amides is 2. The van der Waals surface area contributed by atoms with Crippen molar-refractivity contribution in [2.45, 2.75) is 51.3 Å². The van der Waals surface area contributed by atoms with Crippen molar-refractivity contribution in [2.24, 2.45) is 0 Å². The lowest BCUT2D eigenvalue weighted by Crippen LogP contribution is -2.57.